The van der Waals surface area contributed by atoms with Crippen molar-refractivity contribution in [1.82, 2.24) is 9.97 Å². The lowest BCUT2D eigenvalue weighted by Crippen LogP contribution is -2.13. The predicted octanol–water partition coefficient (Wildman–Crippen LogP) is 5.84. The van der Waals surface area contributed by atoms with Gasteiger partial charge in [0.15, 0.2) is 5.16 Å². The first-order chi connectivity index (χ1) is 13.6. The van der Waals surface area contributed by atoms with E-state index < -0.39 is 5.97 Å². The van der Waals surface area contributed by atoms with Crippen LogP contribution in [0.5, 0.6) is 0 Å². The van der Waals surface area contributed by atoms with E-state index in [0.717, 1.165) is 18.4 Å². The number of thioether (sulfide) groups is 3. The Balaban J connectivity index is 1.90. The average Bonchev–Trinajstić information content (AvgIpc) is 2.73. The molecule has 28 heavy (non-hydrogen) atoms. The number of hydrogen-bond acceptors (Lipinski definition) is 7. The minimum absolute atomic E-state index is 0.262. The third-order valence-corrected chi connectivity index (χ3v) is 7.43. The minimum Gasteiger partial charge on any atom is -0.465 e. The second-order valence-corrected chi connectivity index (χ2v) is 9.51. The summed E-state index contributed by atoms with van der Waals surface area (Å²) in [6, 6.07) is 6.37. The lowest BCUT2D eigenvalue weighted by molar-refractivity contribution is 0.0589. The van der Waals surface area contributed by atoms with Gasteiger partial charge in [0.25, 0.3) is 0 Å². The highest BCUT2D eigenvalue weighted by atomic mass is 32.2. The van der Waals surface area contributed by atoms with Crippen LogP contribution < -0.4 is 0 Å². The maximum Gasteiger partial charge on any atom is 0.343 e. The van der Waals surface area contributed by atoms with E-state index in [0.29, 0.717) is 31.8 Å². The van der Waals surface area contributed by atoms with Gasteiger partial charge in [-0.15, -0.1) is 23.5 Å². The van der Waals surface area contributed by atoms with Crippen molar-refractivity contribution in [3.63, 3.8) is 0 Å². The second kappa shape index (κ2) is 10.5. The molecule has 0 saturated heterocycles. The number of nitrogens with zero attached hydrogens (tertiary/aromatic N) is 2. The quantitative estimate of drug-likeness (QED) is 0.233. The van der Waals surface area contributed by atoms with Gasteiger partial charge in [-0.2, -0.15) is 0 Å². The van der Waals surface area contributed by atoms with Crippen LogP contribution in [-0.4, -0.2) is 34.6 Å². The van der Waals surface area contributed by atoms with Gasteiger partial charge in [0, 0.05) is 11.0 Å². The number of halogens is 1. The molecule has 4 nitrogen and oxygen atoms in total. The molecular weight excluding hydrogens is 415 g/mol. The molecule has 1 aliphatic rings. The SMILES string of the molecule is COC(=O)c1c(SCc2ccc(F)cc2)nc(SC)nc1SC1CCCCC1. The molecular formula is C20H23FN2O2S3. The van der Waals surface area contributed by atoms with Crippen LogP contribution in [0.2, 0.25) is 0 Å². The molecule has 0 unspecified atom stereocenters. The average molecular weight is 439 g/mol. The summed E-state index contributed by atoms with van der Waals surface area (Å²) >= 11 is 4.59. The Kier molecular flexibility index (Phi) is 8.05. The fourth-order valence-corrected chi connectivity index (χ4v) is 5.87. The molecule has 3 rings (SSSR count). The lowest BCUT2D eigenvalue weighted by Gasteiger charge is -2.22. The molecule has 0 bridgehead atoms. The topological polar surface area (TPSA) is 52.1 Å². The van der Waals surface area contributed by atoms with Gasteiger partial charge in [-0.25, -0.2) is 19.2 Å². The van der Waals surface area contributed by atoms with Crippen LogP contribution in [0.15, 0.2) is 39.5 Å². The maximum atomic E-state index is 13.1. The van der Waals surface area contributed by atoms with E-state index in [9.17, 15) is 9.18 Å². The van der Waals surface area contributed by atoms with Crippen LogP contribution in [0.25, 0.3) is 0 Å². The van der Waals surface area contributed by atoms with Crippen molar-refractivity contribution in [2.45, 2.75) is 58.3 Å². The summed E-state index contributed by atoms with van der Waals surface area (Å²) in [5, 5.41) is 2.44. The number of aromatic nitrogens is 2. The van der Waals surface area contributed by atoms with E-state index in [2.05, 4.69) is 9.97 Å². The highest BCUT2D eigenvalue weighted by Gasteiger charge is 2.25. The second-order valence-electron chi connectivity index (χ2n) is 6.48. The standard InChI is InChI=1S/C20H23FN2O2S3/c1-25-19(24)16-17(27-12-13-8-10-14(21)11-9-13)22-20(26-2)23-18(16)28-15-6-4-3-5-7-15/h8-11,15H,3-7,12H2,1-2H3. The van der Waals surface area contributed by atoms with Gasteiger partial charge in [0.1, 0.15) is 21.4 Å². The largest absolute Gasteiger partial charge is 0.465 e. The Labute approximate surface area is 177 Å². The summed E-state index contributed by atoms with van der Waals surface area (Å²) in [5.74, 6) is -0.0859. The number of methoxy groups -OCH3 is 1. The van der Waals surface area contributed by atoms with E-state index in [1.807, 2.05) is 6.26 Å². The monoisotopic (exact) mass is 438 g/mol. The Morgan fingerprint density at radius 2 is 1.82 bits per heavy atom. The van der Waals surface area contributed by atoms with Crippen LogP contribution in [0.4, 0.5) is 4.39 Å². The third kappa shape index (κ3) is 5.64. The van der Waals surface area contributed by atoms with Crippen LogP contribution in [0, 0.1) is 5.82 Å². The maximum absolute atomic E-state index is 13.1. The summed E-state index contributed by atoms with van der Waals surface area (Å²) in [6.45, 7) is 0. The first kappa shape index (κ1) is 21.5. The number of carbonyl (C=O) groups excluding carboxylic acids is 1. The molecule has 1 aromatic carbocycles. The van der Waals surface area contributed by atoms with Crippen molar-refractivity contribution in [1.29, 1.82) is 0 Å². The third-order valence-electron chi connectivity index (χ3n) is 4.51. The summed E-state index contributed by atoms with van der Waals surface area (Å²) in [6.07, 6.45) is 7.93. The zero-order valence-electron chi connectivity index (χ0n) is 15.9. The Bertz CT molecular complexity index is 812. The number of carbonyl (C=O) groups is 1. The van der Waals surface area contributed by atoms with Crippen molar-refractivity contribution < 1.29 is 13.9 Å². The van der Waals surface area contributed by atoms with Gasteiger partial charge in [-0.3, -0.25) is 0 Å². The predicted molar refractivity (Wildman–Crippen MR) is 114 cm³/mol. The normalized spacial score (nSPS) is 14.8. The molecule has 1 fully saturated rings. The molecule has 0 radical (unpaired) electrons. The zero-order valence-corrected chi connectivity index (χ0v) is 18.4. The molecule has 0 atom stereocenters. The fourth-order valence-electron chi connectivity index (χ4n) is 3.03. The first-order valence-corrected chi connectivity index (χ1v) is 12.3. The van der Waals surface area contributed by atoms with Gasteiger partial charge in [-0.05, 0) is 36.8 Å². The lowest BCUT2D eigenvalue weighted by atomic mass is 10.0. The number of hydrogen-bond donors (Lipinski definition) is 0. The molecule has 8 heteroatoms. The Hall–Kier alpha value is -1.25. The van der Waals surface area contributed by atoms with E-state index in [1.54, 1.807) is 23.9 Å². The van der Waals surface area contributed by atoms with Gasteiger partial charge in [-0.1, -0.05) is 43.2 Å². The number of benzene rings is 1. The van der Waals surface area contributed by atoms with E-state index in [4.69, 9.17) is 4.74 Å². The highest BCUT2D eigenvalue weighted by Crippen LogP contribution is 2.38. The van der Waals surface area contributed by atoms with E-state index in [-0.39, 0.29) is 5.82 Å². The van der Waals surface area contributed by atoms with Crippen LogP contribution in [0.1, 0.15) is 48.0 Å². The molecule has 0 N–H and O–H groups in total. The minimum atomic E-state index is -0.410. The summed E-state index contributed by atoms with van der Waals surface area (Å²) in [5.41, 5.74) is 1.41. The van der Waals surface area contributed by atoms with Gasteiger partial charge in [0.05, 0.1) is 7.11 Å². The molecule has 1 saturated carbocycles. The number of rotatable bonds is 7. The molecule has 1 heterocycles. The Morgan fingerprint density at radius 1 is 1.14 bits per heavy atom. The molecule has 0 amide bonds. The van der Waals surface area contributed by atoms with Crippen LogP contribution >= 0.6 is 35.3 Å². The van der Waals surface area contributed by atoms with Crippen molar-refractivity contribution in [3.8, 4) is 0 Å². The van der Waals surface area contributed by atoms with Crippen molar-refractivity contribution in [2.75, 3.05) is 13.4 Å². The van der Waals surface area contributed by atoms with Gasteiger partial charge >= 0.3 is 5.97 Å². The van der Waals surface area contributed by atoms with Crippen LogP contribution in [-0.2, 0) is 10.5 Å². The number of esters is 1. The van der Waals surface area contributed by atoms with E-state index >= 15 is 0 Å². The Morgan fingerprint density at radius 3 is 2.46 bits per heavy atom. The van der Waals surface area contributed by atoms with Gasteiger partial charge < -0.3 is 4.74 Å². The van der Waals surface area contributed by atoms with Gasteiger partial charge in [0.2, 0.25) is 0 Å². The molecule has 1 aliphatic carbocycles. The molecule has 1 aromatic heterocycles. The van der Waals surface area contributed by atoms with Crippen molar-refractivity contribution in [2.24, 2.45) is 0 Å². The summed E-state index contributed by atoms with van der Waals surface area (Å²) < 4.78 is 18.2. The highest BCUT2D eigenvalue weighted by molar-refractivity contribution is 8.00. The summed E-state index contributed by atoms with van der Waals surface area (Å²) in [4.78, 5) is 21.8. The molecule has 2 aromatic rings. The van der Waals surface area contributed by atoms with Crippen molar-refractivity contribution >= 4 is 41.3 Å². The number of ether oxygens (including phenoxy) is 1. The zero-order chi connectivity index (χ0) is 19.9. The first-order valence-electron chi connectivity index (χ1n) is 9.19. The molecule has 0 aliphatic heterocycles. The molecule has 0 spiro atoms. The molecule has 150 valence electrons. The van der Waals surface area contributed by atoms with Crippen molar-refractivity contribution in [3.05, 3.63) is 41.2 Å². The van der Waals surface area contributed by atoms with Crippen LogP contribution in [0.3, 0.4) is 0 Å². The fraction of sp³-hybridized carbons (Fsp3) is 0.450. The van der Waals surface area contributed by atoms with E-state index in [1.165, 1.54) is 62.0 Å². The summed E-state index contributed by atoms with van der Waals surface area (Å²) in [7, 11) is 1.38. The smallest absolute Gasteiger partial charge is 0.343 e.